The zero-order valence-corrected chi connectivity index (χ0v) is 14.1. The molecule has 3 nitrogen and oxygen atoms in total. The van der Waals surface area contributed by atoms with Crippen LogP contribution in [0.5, 0.6) is 0 Å². The number of carbonyl (C=O) groups is 1. The smallest absolute Gasteiger partial charge is 0.254 e. The first kappa shape index (κ1) is 15.7. The second-order valence-electron chi connectivity index (χ2n) is 5.37. The Kier molecular flexibility index (Phi) is 5.12. The number of rotatable bonds is 4. The van der Waals surface area contributed by atoms with Crippen molar-refractivity contribution in [1.29, 1.82) is 0 Å². The SMILES string of the molecule is Cc1cc(Br)cc(C(=O)N(Cc2ccccn2)C(C)C)c1. The van der Waals surface area contributed by atoms with E-state index in [1.165, 1.54) is 0 Å². The summed E-state index contributed by atoms with van der Waals surface area (Å²) in [4.78, 5) is 18.9. The maximum Gasteiger partial charge on any atom is 0.254 e. The normalized spacial score (nSPS) is 10.7. The quantitative estimate of drug-likeness (QED) is 0.830. The number of aromatic nitrogens is 1. The molecule has 0 fully saturated rings. The molecule has 1 amide bonds. The van der Waals surface area contributed by atoms with Crippen molar-refractivity contribution in [3.63, 3.8) is 0 Å². The van der Waals surface area contributed by atoms with Crippen molar-refractivity contribution in [2.24, 2.45) is 0 Å². The van der Waals surface area contributed by atoms with Crippen LogP contribution >= 0.6 is 15.9 Å². The number of hydrogen-bond donors (Lipinski definition) is 0. The van der Waals surface area contributed by atoms with Crippen molar-refractivity contribution in [3.8, 4) is 0 Å². The molecule has 21 heavy (non-hydrogen) atoms. The Balaban J connectivity index is 2.27. The molecule has 0 aliphatic heterocycles. The van der Waals surface area contributed by atoms with E-state index in [9.17, 15) is 4.79 Å². The zero-order valence-electron chi connectivity index (χ0n) is 12.5. The highest BCUT2D eigenvalue weighted by molar-refractivity contribution is 9.10. The fourth-order valence-corrected chi connectivity index (χ4v) is 2.79. The molecular weight excluding hydrogens is 328 g/mol. The number of amides is 1. The molecule has 4 heteroatoms. The van der Waals surface area contributed by atoms with E-state index in [-0.39, 0.29) is 11.9 Å². The predicted molar refractivity (Wildman–Crippen MR) is 88.1 cm³/mol. The van der Waals surface area contributed by atoms with Gasteiger partial charge in [0, 0.05) is 22.3 Å². The van der Waals surface area contributed by atoms with Crippen LogP contribution in [-0.4, -0.2) is 21.8 Å². The number of benzene rings is 1. The van der Waals surface area contributed by atoms with E-state index in [0.29, 0.717) is 12.1 Å². The first-order valence-corrected chi connectivity index (χ1v) is 7.74. The van der Waals surface area contributed by atoms with Gasteiger partial charge < -0.3 is 4.90 Å². The first-order chi connectivity index (χ1) is 9.97. The summed E-state index contributed by atoms with van der Waals surface area (Å²) in [5, 5.41) is 0. The molecule has 0 aliphatic rings. The summed E-state index contributed by atoms with van der Waals surface area (Å²) in [5.74, 6) is 0.0278. The Morgan fingerprint density at radius 3 is 2.62 bits per heavy atom. The Morgan fingerprint density at radius 2 is 2.05 bits per heavy atom. The van der Waals surface area contributed by atoms with Gasteiger partial charge in [0.15, 0.2) is 0 Å². The molecular formula is C17H19BrN2O. The minimum Gasteiger partial charge on any atom is -0.330 e. The van der Waals surface area contributed by atoms with E-state index in [0.717, 1.165) is 15.7 Å². The van der Waals surface area contributed by atoms with E-state index in [1.54, 1.807) is 6.20 Å². The molecule has 0 radical (unpaired) electrons. The topological polar surface area (TPSA) is 33.2 Å². The molecule has 1 aromatic carbocycles. The van der Waals surface area contributed by atoms with Crippen LogP contribution in [0.3, 0.4) is 0 Å². The molecule has 2 aromatic rings. The first-order valence-electron chi connectivity index (χ1n) is 6.95. The van der Waals surface area contributed by atoms with Gasteiger partial charge in [-0.25, -0.2) is 0 Å². The second-order valence-corrected chi connectivity index (χ2v) is 6.28. The number of halogens is 1. The molecule has 0 bridgehead atoms. The number of nitrogens with zero attached hydrogens (tertiary/aromatic N) is 2. The maximum absolute atomic E-state index is 12.8. The summed E-state index contributed by atoms with van der Waals surface area (Å²) in [6.45, 7) is 6.54. The number of pyridine rings is 1. The molecule has 110 valence electrons. The van der Waals surface area contributed by atoms with Gasteiger partial charge in [0.25, 0.3) is 5.91 Å². The largest absolute Gasteiger partial charge is 0.330 e. The number of carbonyl (C=O) groups excluding carboxylic acids is 1. The zero-order chi connectivity index (χ0) is 15.4. The average molecular weight is 347 g/mol. The molecule has 2 rings (SSSR count). The highest BCUT2D eigenvalue weighted by Crippen LogP contribution is 2.19. The van der Waals surface area contributed by atoms with Gasteiger partial charge in [-0.3, -0.25) is 9.78 Å². The maximum atomic E-state index is 12.8. The molecule has 0 unspecified atom stereocenters. The van der Waals surface area contributed by atoms with Gasteiger partial charge in [-0.1, -0.05) is 22.0 Å². The van der Waals surface area contributed by atoms with Crippen molar-refractivity contribution in [1.82, 2.24) is 9.88 Å². The Bertz CT molecular complexity index is 606. The summed E-state index contributed by atoms with van der Waals surface area (Å²) < 4.78 is 0.924. The van der Waals surface area contributed by atoms with Crippen LogP contribution in [0.15, 0.2) is 47.1 Å². The van der Waals surface area contributed by atoms with Gasteiger partial charge in [-0.15, -0.1) is 0 Å². The van der Waals surface area contributed by atoms with E-state index < -0.39 is 0 Å². The van der Waals surface area contributed by atoms with Crippen LogP contribution in [0.25, 0.3) is 0 Å². The lowest BCUT2D eigenvalue weighted by Gasteiger charge is -2.26. The number of hydrogen-bond acceptors (Lipinski definition) is 2. The summed E-state index contributed by atoms with van der Waals surface area (Å²) in [5.41, 5.74) is 2.66. The van der Waals surface area contributed by atoms with Crippen LogP contribution in [-0.2, 0) is 6.54 Å². The Hall–Kier alpha value is -1.68. The van der Waals surface area contributed by atoms with Crippen LogP contribution in [0.4, 0.5) is 0 Å². The van der Waals surface area contributed by atoms with Crippen molar-refractivity contribution in [2.45, 2.75) is 33.4 Å². The van der Waals surface area contributed by atoms with Gasteiger partial charge in [-0.05, 0) is 56.7 Å². The number of aryl methyl sites for hydroxylation is 1. The Morgan fingerprint density at radius 1 is 1.29 bits per heavy atom. The summed E-state index contributed by atoms with van der Waals surface area (Å²) in [7, 11) is 0. The van der Waals surface area contributed by atoms with E-state index in [4.69, 9.17) is 0 Å². The Labute approximate surface area is 134 Å². The van der Waals surface area contributed by atoms with E-state index in [1.807, 2.05) is 62.1 Å². The lowest BCUT2D eigenvalue weighted by Crippen LogP contribution is -2.36. The van der Waals surface area contributed by atoms with Crippen LogP contribution in [0.2, 0.25) is 0 Å². The van der Waals surface area contributed by atoms with Crippen molar-refractivity contribution < 1.29 is 4.79 Å². The third-order valence-electron chi connectivity index (χ3n) is 3.23. The molecule has 0 aliphatic carbocycles. The van der Waals surface area contributed by atoms with Crippen LogP contribution in [0.1, 0.15) is 35.5 Å². The van der Waals surface area contributed by atoms with Crippen LogP contribution in [0, 0.1) is 6.92 Å². The lowest BCUT2D eigenvalue weighted by atomic mass is 10.1. The molecule has 0 spiro atoms. The van der Waals surface area contributed by atoms with Crippen molar-refractivity contribution in [3.05, 3.63) is 63.9 Å². The van der Waals surface area contributed by atoms with E-state index in [2.05, 4.69) is 20.9 Å². The van der Waals surface area contributed by atoms with E-state index >= 15 is 0 Å². The fraction of sp³-hybridized carbons (Fsp3) is 0.294. The lowest BCUT2D eigenvalue weighted by molar-refractivity contribution is 0.0687. The van der Waals surface area contributed by atoms with Crippen molar-refractivity contribution >= 4 is 21.8 Å². The van der Waals surface area contributed by atoms with Gasteiger partial charge >= 0.3 is 0 Å². The summed E-state index contributed by atoms with van der Waals surface area (Å²) in [6.07, 6.45) is 1.75. The van der Waals surface area contributed by atoms with Crippen molar-refractivity contribution in [2.75, 3.05) is 0 Å². The highest BCUT2D eigenvalue weighted by atomic mass is 79.9. The molecule has 0 N–H and O–H groups in total. The standard InChI is InChI=1S/C17H19BrN2O/c1-12(2)20(11-16-6-4-5-7-19-16)17(21)14-8-13(3)9-15(18)10-14/h4-10,12H,11H2,1-3H3. The minimum atomic E-state index is 0.0278. The third-order valence-corrected chi connectivity index (χ3v) is 3.69. The third kappa shape index (κ3) is 4.14. The minimum absolute atomic E-state index is 0.0278. The molecule has 0 atom stereocenters. The molecule has 1 heterocycles. The van der Waals surface area contributed by atoms with Gasteiger partial charge in [-0.2, -0.15) is 0 Å². The fourth-order valence-electron chi connectivity index (χ4n) is 2.18. The van der Waals surface area contributed by atoms with Gasteiger partial charge in [0.2, 0.25) is 0 Å². The molecule has 1 aromatic heterocycles. The van der Waals surface area contributed by atoms with Gasteiger partial charge in [0.1, 0.15) is 0 Å². The molecule has 0 saturated carbocycles. The average Bonchev–Trinajstić information content (AvgIpc) is 2.44. The summed E-state index contributed by atoms with van der Waals surface area (Å²) >= 11 is 3.45. The summed E-state index contributed by atoms with van der Waals surface area (Å²) in [6, 6.07) is 11.6. The molecule has 0 saturated heterocycles. The monoisotopic (exact) mass is 346 g/mol. The van der Waals surface area contributed by atoms with Crippen LogP contribution < -0.4 is 0 Å². The van der Waals surface area contributed by atoms with Gasteiger partial charge in [0.05, 0.1) is 12.2 Å². The predicted octanol–water partition coefficient (Wildman–Crippen LogP) is 4.20. The second kappa shape index (κ2) is 6.85. The highest BCUT2D eigenvalue weighted by Gasteiger charge is 2.20.